The van der Waals surface area contributed by atoms with Gasteiger partial charge < -0.3 is 14.6 Å². The monoisotopic (exact) mass is 326 g/mol. The van der Waals surface area contributed by atoms with E-state index in [0.717, 1.165) is 16.0 Å². The minimum Gasteiger partial charge on any atom is -0.390 e. The number of nitrogens with one attached hydrogen (secondary N) is 1. The first-order valence-electron chi connectivity index (χ1n) is 8.47. The Morgan fingerprint density at radius 1 is 0.875 bits per heavy atom. The maximum Gasteiger partial charge on any atom is 0.221 e. The lowest BCUT2D eigenvalue weighted by Crippen LogP contribution is -3.17. The number of benzene rings is 2. The number of hydrogen-bond donors (Lipinski definition) is 2. The smallest absolute Gasteiger partial charge is 0.221 e. The Balaban J connectivity index is 1.72. The molecule has 0 spiro atoms. The molecule has 0 amide bonds. The first-order chi connectivity index (χ1) is 11.6. The number of aliphatic hydroxyl groups is 1. The highest BCUT2D eigenvalue weighted by Crippen LogP contribution is 2.31. The standard InChI is InChI=1S/C20H23NO3/c1-14-3-7-16(8-4-14)18-21-19(17-9-5-15(2)6-10-17)24-13-20(21,11-22)12-23-18/h3-10,18-19,22H,11-13H2,1-2H3/p+1. The molecule has 2 saturated heterocycles. The number of ether oxygens (including phenoxy) is 2. The van der Waals surface area contributed by atoms with E-state index in [-0.39, 0.29) is 24.6 Å². The predicted octanol–water partition coefficient (Wildman–Crippen LogP) is 1.68. The third-order valence-corrected chi connectivity index (χ3v) is 5.29. The molecule has 2 atom stereocenters. The number of fused-ring (bicyclic) bond motifs is 1. The Hall–Kier alpha value is -1.72. The molecule has 126 valence electrons. The van der Waals surface area contributed by atoms with Crippen molar-refractivity contribution in [1.82, 2.24) is 0 Å². The van der Waals surface area contributed by atoms with Gasteiger partial charge in [-0.2, -0.15) is 0 Å². The highest BCUT2D eigenvalue weighted by molar-refractivity contribution is 5.25. The van der Waals surface area contributed by atoms with Crippen molar-refractivity contribution in [3.05, 3.63) is 70.8 Å². The van der Waals surface area contributed by atoms with Crippen LogP contribution in [0.2, 0.25) is 0 Å². The van der Waals surface area contributed by atoms with Gasteiger partial charge in [0.25, 0.3) is 0 Å². The van der Waals surface area contributed by atoms with Gasteiger partial charge in [0.15, 0.2) is 5.54 Å². The molecule has 0 saturated carbocycles. The summed E-state index contributed by atoms with van der Waals surface area (Å²) in [7, 11) is 0. The molecule has 2 aliphatic heterocycles. The fourth-order valence-corrected chi connectivity index (χ4v) is 3.78. The Morgan fingerprint density at radius 3 is 1.67 bits per heavy atom. The van der Waals surface area contributed by atoms with E-state index in [1.165, 1.54) is 11.1 Å². The topological polar surface area (TPSA) is 43.1 Å². The van der Waals surface area contributed by atoms with Crippen LogP contribution in [0.25, 0.3) is 0 Å². The molecule has 4 heteroatoms. The third-order valence-electron chi connectivity index (χ3n) is 5.29. The van der Waals surface area contributed by atoms with Crippen molar-refractivity contribution in [3.8, 4) is 0 Å². The van der Waals surface area contributed by atoms with Gasteiger partial charge in [-0.3, -0.25) is 4.90 Å². The number of quaternary nitrogens is 1. The second-order valence-electron chi connectivity index (χ2n) is 7.10. The lowest BCUT2D eigenvalue weighted by atomic mass is 10.0. The first kappa shape index (κ1) is 15.8. The zero-order valence-corrected chi connectivity index (χ0v) is 14.2. The molecule has 4 rings (SSSR count). The fraction of sp³-hybridized carbons (Fsp3) is 0.400. The van der Waals surface area contributed by atoms with Gasteiger partial charge in [-0.15, -0.1) is 0 Å². The summed E-state index contributed by atoms with van der Waals surface area (Å²) < 4.78 is 12.3. The molecular formula is C20H24NO3+. The van der Waals surface area contributed by atoms with Crippen LogP contribution in [-0.2, 0) is 9.47 Å². The van der Waals surface area contributed by atoms with E-state index in [2.05, 4.69) is 62.4 Å². The van der Waals surface area contributed by atoms with Gasteiger partial charge in [0.1, 0.15) is 19.8 Å². The van der Waals surface area contributed by atoms with Crippen LogP contribution in [0, 0.1) is 13.8 Å². The maximum atomic E-state index is 10.1. The predicted molar refractivity (Wildman–Crippen MR) is 90.5 cm³/mol. The number of hydrogen-bond acceptors (Lipinski definition) is 3. The van der Waals surface area contributed by atoms with Crippen molar-refractivity contribution in [2.24, 2.45) is 0 Å². The summed E-state index contributed by atoms with van der Waals surface area (Å²) in [6.45, 7) is 5.25. The van der Waals surface area contributed by atoms with Gasteiger partial charge in [-0.05, 0) is 13.8 Å². The largest absolute Gasteiger partial charge is 0.390 e. The summed E-state index contributed by atoms with van der Waals surface area (Å²) >= 11 is 0. The molecule has 0 aromatic heterocycles. The second kappa shape index (κ2) is 5.97. The molecule has 0 aliphatic carbocycles. The molecule has 2 aliphatic rings. The highest BCUT2D eigenvalue weighted by atomic mass is 16.6. The van der Waals surface area contributed by atoms with Gasteiger partial charge in [0.2, 0.25) is 12.5 Å². The molecule has 0 bridgehead atoms. The van der Waals surface area contributed by atoms with E-state index in [1.807, 2.05) is 0 Å². The molecule has 0 radical (unpaired) electrons. The summed E-state index contributed by atoms with van der Waals surface area (Å²) in [5, 5.41) is 10.1. The molecule has 2 aromatic rings. The van der Waals surface area contributed by atoms with Crippen molar-refractivity contribution in [2.45, 2.75) is 31.8 Å². The minimum atomic E-state index is -0.384. The van der Waals surface area contributed by atoms with Gasteiger partial charge >= 0.3 is 0 Å². The zero-order chi connectivity index (χ0) is 16.7. The summed E-state index contributed by atoms with van der Waals surface area (Å²) in [5.74, 6) is 0. The number of aryl methyl sites for hydroxylation is 2. The van der Waals surface area contributed by atoms with Crippen molar-refractivity contribution >= 4 is 0 Å². The lowest BCUT2D eigenvalue weighted by Gasteiger charge is -2.29. The molecule has 2 aromatic carbocycles. The third kappa shape index (κ3) is 2.47. The van der Waals surface area contributed by atoms with Crippen LogP contribution in [0.15, 0.2) is 48.5 Å². The molecular weight excluding hydrogens is 302 g/mol. The van der Waals surface area contributed by atoms with Crippen LogP contribution in [0.4, 0.5) is 0 Å². The summed E-state index contributed by atoms with van der Waals surface area (Å²) in [5.41, 5.74) is 4.34. The second-order valence-corrected chi connectivity index (χ2v) is 7.10. The van der Waals surface area contributed by atoms with Crippen LogP contribution in [-0.4, -0.2) is 30.5 Å². The van der Waals surface area contributed by atoms with Crippen molar-refractivity contribution in [2.75, 3.05) is 19.8 Å². The van der Waals surface area contributed by atoms with Crippen LogP contribution in [0.5, 0.6) is 0 Å². The lowest BCUT2D eigenvalue weighted by molar-refractivity contribution is -1.00. The molecule has 4 nitrogen and oxygen atoms in total. The Bertz CT molecular complexity index is 653. The van der Waals surface area contributed by atoms with Gasteiger partial charge in [-0.1, -0.05) is 59.7 Å². The average Bonchev–Trinajstić information content (AvgIpc) is 3.14. The van der Waals surface area contributed by atoms with Crippen molar-refractivity contribution < 1.29 is 19.5 Å². The van der Waals surface area contributed by atoms with Crippen molar-refractivity contribution in [3.63, 3.8) is 0 Å². The van der Waals surface area contributed by atoms with E-state index in [9.17, 15) is 5.11 Å². The molecule has 24 heavy (non-hydrogen) atoms. The van der Waals surface area contributed by atoms with Crippen LogP contribution >= 0.6 is 0 Å². The van der Waals surface area contributed by atoms with E-state index < -0.39 is 0 Å². The summed E-state index contributed by atoms with van der Waals surface area (Å²) in [4.78, 5) is 1.16. The van der Waals surface area contributed by atoms with Gasteiger partial charge in [0.05, 0.1) is 0 Å². The maximum absolute atomic E-state index is 10.1. The van der Waals surface area contributed by atoms with Crippen LogP contribution < -0.4 is 4.90 Å². The van der Waals surface area contributed by atoms with Crippen LogP contribution in [0.1, 0.15) is 34.7 Å². The van der Waals surface area contributed by atoms with Crippen molar-refractivity contribution in [1.29, 1.82) is 0 Å². The highest BCUT2D eigenvalue weighted by Gasteiger charge is 2.60. The minimum absolute atomic E-state index is 0.0626. The summed E-state index contributed by atoms with van der Waals surface area (Å²) in [6, 6.07) is 16.9. The fourth-order valence-electron chi connectivity index (χ4n) is 3.78. The normalized spacial score (nSPS) is 32.0. The molecule has 2 N–H and O–H groups in total. The van der Waals surface area contributed by atoms with Gasteiger partial charge in [0, 0.05) is 11.1 Å². The van der Waals surface area contributed by atoms with Gasteiger partial charge in [-0.25, -0.2) is 0 Å². The quantitative estimate of drug-likeness (QED) is 0.902. The van der Waals surface area contributed by atoms with E-state index >= 15 is 0 Å². The first-order valence-corrected chi connectivity index (χ1v) is 8.47. The molecule has 2 unspecified atom stereocenters. The zero-order valence-electron chi connectivity index (χ0n) is 14.2. The Morgan fingerprint density at radius 2 is 1.29 bits per heavy atom. The Kier molecular flexibility index (Phi) is 3.93. The molecule has 2 heterocycles. The SMILES string of the molecule is Cc1ccc(C2OCC3(CO)COC(c4ccc(C)cc4)[NH+]23)cc1. The van der Waals surface area contributed by atoms with E-state index in [0.29, 0.717) is 13.2 Å². The van der Waals surface area contributed by atoms with Crippen LogP contribution in [0.3, 0.4) is 0 Å². The number of rotatable bonds is 3. The summed E-state index contributed by atoms with van der Waals surface area (Å²) in [6.07, 6.45) is -0.238. The Labute approximate surface area is 142 Å². The molecule has 2 fully saturated rings. The van der Waals surface area contributed by atoms with E-state index in [4.69, 9.17) is 9.47 Å². The van der Waals surface area contributed by atoms with E-state index in [1.54, 1.807) is 0 Å². The number of aliphatic hydroxyl groups excluding tert-OH is 1. The average molecular weight is 326 g/mol.